The first-order valence-corrected chi connectivity index (χ1v) is 9.28. The Hall–Kier alpha value is -2.28. The van der Waals surface area contributed by atoms with Gasteiger partial charge in [0.1, 0.15) is 0 Å². The Morgan fingerprint density at radius 1 is 1.19 bits per heavy atom. The van der Waals surface area contributed by atoms with E-state index >= 15 is 0 Å². The normalized spacial score (nSPS) is 17.6. The van der Waals surface area contributed by atoms with E-state index in [4.69, 9.17) is 5.73 Å². The number of likely N-dealkylation sites (tertiary alicyclic amines) is 1. The van der Waals surface area contributed by atoms with E-state index in [2.05, 4.69) is 15.1 Å². The summed E-state index contributed by atoms with van der Waals surface area (Å²) in [6, 6.07) is 2.10. The standard InChI is InChI=1S/C19H28N6O/c1-12-9-13(2)22-19(21-12)25-15(4)17(14(3)23-25)10-18(26)24-8-6-5-7-16(24)11-20/h9,16H,5-8,10-11,20H2,1-4H3. The minimum absolute atomic E-state index is 0.132. The van der Waals surface area contributed by atoms with Gasteiger partial charge in [0, 0.05) is 41.8 Å². The molecule has 3 rings (SSSR count). The van der Waals surface area contributed by atoms with Gasteiger partial charge >= 0.3 is 0 Å². The van der Waals surface area contributed by atoms with E-state index in [1.807, 2.05) is 38.7 Å². The number of aryl methyl sites for hydroxylation is 3. The zero-order valence-corrected chi connectivity index (χ0v) is 16.1. The van der Waals surface area contributed by atoms with Gasteiger partial charge < -0.3 is 10.6 Å². The Kier molecular flexibility index (Phi) is 5.36. The van der Waals surface area contributed by atoms with Crippen molar-refractivity contribution in [3.05, 3.63) is 34.4 Å². The fourth-order valence-electron chi connectivity index (χ4n) is 3.75. The Bertz CT molecular complexity index is 792. The number of aromatic nitrogens is 4. The van der Waals surface area contributed by atoms with Crippen molar-refractivity contribution in [2.24, 2.45) is 5.73 Å². The molecule has 1 aliphatic heterocycles. The van der Waals surface area contributed by atoms with E-state index < -0.39 is 0 Å². The maximum atomic E-state index is 12.9. The molecule has 140 valence electrons. The van der Waals surface area contributed by atoms with Crippen molar-refractivity contribution >= 4 is 5.91 Å². The SMILES string of the molecule is Cc1cc(C)nc(-n2nc(C)c(CC(=O)N3CCCCC3CN)c2C)n1. The number of piperidine rings is 1. The lowest BCUT2D eigenvalue weighted by Gasteiger charge is -2.35. The Labute approximate surface area is 154 Å². The minimum Gasteiger partial charge on any atom is -0.338 e. The van der Waals surface area contributed by atoms with Crippen LogP contribution in [0.4, 0.5) is 0 Å². The van der Waals surface area contributed by atoms with E-state index in [1.165, 1.54) is 0 Å². The van der Waals surface area contributed by atoms with E-state index in [0.29, 0.717) is 18.9 Å². The average molecular weight is 356 g/mol. The zero-order chi connectivity index (χ0) is 18.8. The molecule has 1 atom stereocenters. The summed E-state index contributed by atoms with van der Waals surface area (Å²) in [6.45, 7) is 9.12. The minimum atomic E-state index is 0.132. The molecule has 2 aromatic rings. The second-order valence-electron chi connectivity index (χ2n) is 7.16. The topological polar surface area (TPSA) is 89.9 Å². The van der Waals surface area contributed by atoms with Crippen LogP contribution in [0.25, 0.3) is 5.95 Å². The van der Waals surface area contributed by atoms with Crippen molar-refractivity contribution in [1.82, 2.24) is 24.6 Å². The summed E-state index contributed by atoms with van der Waals surface area (Å²) in [4.78, 5) is 23.8. The highest BCUT2D eigenvalue weighted by Crippen LogP contribution is 2.21. The molecule has 1 aliphatic rings. The van der Waals surface area contributed by atoms with E-state index in [-0.39, 0.29) is 11.9 Å². The Morgan fingerprint density at radius 3 is 2.54 bits per heavy atom. The third-order valence-electron chi connectivity index (χ3n) is 5.15. The molecule has 2 aromatic heterocycles. The number of amides is 1. The summed E-state index contributed by atoms with van der Waals surface area (Å²) >= 11 is 0. The van der Waals surface area contributed by atoms with Crippen LogP contribution in [0.5, 0.6) is 0 Å². The lowest BCUT2D eigenvalue weighted by Crippen LogP contribution is -2.48. The number of hydrogen-bond acceptors (Lipinski definition) is 5. The van der Waals surface area contributed by atoms with Gasteiger partial charge in [-0.3, -0.25) is 4.79 Å². The first-order valence-electron chi connectivity index (χ1n) is 9.28. The number of nitrogens with two attached hydrogens (primary N) is 1. The molecule has 1 fully saturated rings. The maximum absolute atomic E-state index is 12.9. The summed E-state index contributed by atoms with van der Waals surface area (Å²) < 4.78 is 1.74. The van der Waals surface area contributed by atoms with Crippen LogP contribution >= 0.6 is 0 Å². The van der Waals surface area contributed by atoms with Crippen LogP contribution in [0.15, 0.2) is 6.07 Å². The lowest BCUT2D eigenvalue weighted by atomic mass is 10.0. The molecule has 1 saturated heterocycles. The number of rotatable bonds is 4. The van der Waals surface area contributed by atoms with Gasteiger partial charge in [-0.1, -0.05) is 0 Å². The van der Waals surface area contributed by atoms with Gasteiger partial charge in [0.2, 0.25) is 5.91 Å². The number of carbonyl (C=O) groups excluding carboxylic acids is 1. The van der Waals surface area contributed by atoms with E-state index in [9.17, 15) is 4.79 Å². The highest BCUT2D eigenvalue weighted by molar-refractivity contribution is 5.79. The van der Waals surface area contributed by atoms with Crippen molar-refractivity contribution in [2.75, 3.05) is 13.1 Å². The van der Waals surface area contributed by atoms with Crippen LogP contribution in [-0.2, 0) is 11.2 Å². The van der Waals surface area contributed by atoms with E-state index in [0.717, 1.165) is 54.1 Å². The van der Waals surface area contributed by atoms with Crippen molar-refractivity contribution in [3.63, 3.8) is 0 Å². The molecule has 2 N–H and O–H groups in total. The van der Waals surface area contributed by atoms with Crippen LogP contribution in [0.2, 0.25) is 0 Å². The summed E-state index contributed by atoms with van der Waals surface area (Å²) in [6.07, 6.45) is 3.54. The molecule has 7 heteroatoms. The third-order valence-corrected chi connectivity index (χ3v) is 5.15. The second kappa shape index (κ2) is 7.53. The molecule has 1 amide bonds. The largest absolute Gasteiger partial charge is 0.338 e. The van der Waals surface area contributed by atoms with Crippen molar-refractivity contribution in [1.29, 1.82) is 0 Å². The first kappa shape index (κ1) is 18.5. The van der Waals surface area contributed by atoms with Gasteiger partial charge in [0.05, 0.1) is 12.1 Å². The van der Waals surface area contributed by atoms with Crippen LogP contribution in [0.3, 0.4) is 0 Å². The Balaban J connectivity index is 1.87. The quantitative estimate of drug-likeness (QED) is 0.902. The predicted octanol–water partition coefficient (Wildman–Crippen LogP) is 1.78. The molecule has 0 bridgehead atoms. The highest BCUT2D eigenvalue weighted by atomic mass is 16.2. The smallest absolute Gasteiger partial charge is 0.251 e. The van der Waals surface area contributed by atoms with Gasteiger partial charge in [-0.05, 0) is 53.0 Å². The molecular formula is C19H28N6O. The van der Waals surface area contributed by atoms with Gasteiger partial charge in [-0.15, -0.1) is 0 Å². The molecule has 3 heterocycles. The van der Waals surface area contributed by atoms with Gasteiger partial charge in [-0.25, -0.2) is 14.6 Å². The third kappa shape index (κ3) is 3.62. The van der Waals surface area contributed by atoms with Crippen molar-refractivity contribution in [2.45, 2.75) is 59.4 Å². The maximum Gasteiger partial charge on any atom is 0.251 e. The zero-order valence-electron chi connectivity index (χ0n) is 16.1. The molecule has 1 unspecified atom stereocenters. The molecule has 0 aromatic carbocycles. The van der Waals surface area contributed by atoms with Gasteiger partial charge in [0.15, 0.2) is 0 Å². The molecular weight excluding hydrogens is 328 g/mol. The summed E-state index contributed by atoms with van der Waals surface area (Å²) in [5, 5.41) is 4.60. The molecule has 0 saturated carbocycles. The number of carbonyl (C=O) groups is 1. The molecule has 0 spiro atoms. The number of nitrogens with zero attached hydrogens (tertiary/aromatic N) is 5. The summed E-state index contributed by atoms with van der Waals surface area (Å²) in [5.41, 5.74) is 10.4. The average Bonchev–Trinajstić information content (AvgIpc) is 2.89. The monoisotopic (exact) mass is 356 g/mol. The second-order valence-corrected chi connectivity index (χ2v) is 7.16. The van der Waals surface area contributed by atoms with E-state index in [1.54, 1.807) is 4.68 Å². The summed E-state index contributed by atoms with van der Waals surface area (Å²) in [7, 11) is 0. The van der Waals surface area contributed by atoms with Crippen LogP contribution in [-0.4, -0.2) is 49.7 Å². The van der Waals surface area contributed by atoms with Gasteiger partial charge in [-0.2, -0.15) is 5.10 Å². The van der Waals surface area contributed by atoms with Crippen LogP contribution < -0.4 is 5.73 Å². The number of hydrogen-bond donors (Lipinski definition) is 1. The van der Waals surface area contributed by atoms with Gasteiger partial charge in [0.25, 0.3) is 5.95 Å². The fourth-order valence-corrected chi connectivity index (χ4v) is 3.75. The molecule has 0 aliphatic carbocycles. The first-order chi connectivity index (χ1) is 12.4. The lowest BCUT2D eigenvalue weighted by molar-refractivity contribution is -0.133. The molecule has 0 radical (unpaired) electrons. The van der Waals surface area contributed by atoms with Crippen LogP contribution in [0.1, 0.15) is 47.6 Å². The highest BCUT2D eigenvalue weighted by Gasteiger charge is 2.27. The Morgan fingerprint density at radius 2 is 1.88 bits per heavy atom. The fraction of sp³-hybridized carbons (Fsp3) is 0.579. The van der Waals surface area contributed by atoms with Crippen molar-refractivity contribution in [3.8, 4) is 5.95 Å². The van der Waals surface area contributed by atoms with Crippen molar-refractivity contribution < 1.29 is 4.79 Å². The van der Waals surface area contributed by atoms with Crippen LogP contribution in [0, 0.1) is 27.7 Å². The summed E-state index contributed by atoms with van der Waals surface area (Å²) in [5.74, 6) is 0.687. The predicted molar refractivity (Wildman–Crippen MR) is 100 cm³/mol. The molecule has 26 heavy (non-hydrogen) atoms. The molecule has 7 nitrogen and oxygen atoms in total.